The Morgan fingerprint density at radius 1 is 1.28 bits per heavy atom. The molecule has 2 nitrogen and oxygen atoms in total. The molecular formula is C14H14Cl2O2. The number of fused-ring (bicyclic) bond motifs is 1. The molecule has 0 N–H and O–H groups in total. The van der Waals surface area contributed by atoms with E-state index >= 15 is 0 Å². The highest BCUT2D eigenvalue weighted by molar-refractivity contribution is 6.52. The minimum atomic E-state index is -0.885. The lowest BCUT2D eigenvalue weighted by atomic mass is 9.90. The highest BCUT2D eigenvalue weighted by Gasteiger charge is 2.57. The summed E-state index contributed by atoms with van der Waals surface area (Å²) in [6.07, 6.45) is 3.13. The van der Waals surface area contributed by atoms with Gasteiger partial charge in [0.15, 0.2) is 0 Å². The van der Waals surface area contributed by atoms with Gasteiger partial charge in [0, 0.05) is 6.42 Å². The number of hydrogen-bond acceptors (Lipinski definition) is 2. The van der Waals surface area contributed by atoms with Gasteiger partial charge in [-0.25, -0.2) is 0 Å². The molecule has 1 aromatic carbocycles. The predicted octanol–water partition coefficient (Wildman–Crippen LogP) is 3.28. The van der Waals surface area contributed by atoms with E-state index in [0.29, 0.717) is 6.42 Å². The topological polar surface area (TPSA) is 26.3 Å². The molecule has 1 aromatic rings. The second-order valence-corrected chi connectivity index (χ2v) is 6.63. The maximum atomic E-state index is 11.8. The third kappa shape index (κ3) is 2.36. The van der Waals surface area contributed by atoms with Gasteiger partial charge >= 0.3 is 5.97 Å². The van der Waals surface area contributed by atoms with E-state index in [-0.39, 0.29) is 18.0 Å². The van der Waals surface area contributed by atoms with Crippen molar-refractivity contribution in [3.8, 4) is 0 Å². The first kappa shape index (κ1) is 12.3. The van der Waals surface area contributed by atoms with Crippen molar-refractivity contribution in [2.45, 2.75) is 36.1 Å². The first-order chi connectivity index (χ1) is 8.56. The van der Waals surface area contributed by atoms with Crippen LogP contribution in [0.3, 0.4) is 0 Å². The molecule has 0 spiro atoms. The van der Waals surface area contributed by atoms with E-state index < -0.39 is 4.33 Å². The van der Waals surface area contributed by atoms with Gasteiger partial charge in [-0.05, 0) is 30.4 Å². The first-order valence-electron chi connectivity index (χ1n) is 6.21. The molecule has 4 heteroatoms. The van der Waals surface area contributed by atoms with Gasteiger partial charge in [0.1, 0.15) is 10.4 Å². The predicted molar refractivity (Wildman–Crippen MR) is 70.9 cm³/mol. The minimum absolute atomic E-state index is 0.0304. The van der Waals surface area contributed by atoms with Crippen molar-refractivity contribution in [3.05, 3.63) is 35.4 Å². The molecule has 2 atom stereocenters. The molecule has 1 fully saturated rings. The molecule has 1 saturated carbocycles. The van der Waals surface area contributed by atoms with E-state index in [1.54, 1.807) is 0 Å². The number of aryl methyl sites for hydroxylation is 1. The van der Waals surface area contributed by atoms with Crippen LogP contribution in [-0.4, -0.2) is 16.4 Å². The number of carbonyl (C=O) groups excluding carboxylic acids is 1. The Labute approximate surface area is 116 Å². The molecule has 18 heavy (non-hydrogen) atoms. The zero-order valence-corrected chi connectivity index (χ0v) is 11.4. The Hall–Kier alpha value is -0.730. The van der Waals surface area contributed by atoms with Crippen LogP contribution in [0.1, 0.15) is 24.0 Å². The van der Waals surface area contributed by atoms with E-state index in [1.807, 2.05) is 12.1 Å². The van der Waals surface area contributed by atoms with E-state index in [9.17, 15) is 4.79 Å². The Bertz CT molecular complexity index is 484. The Kier molecular flexibility index (Phi) is 3.03. The molecule has 96 valence electrons. The highest BCUT2D eigenvalue weighted by Crippen LogP contribution is 2.53. The van der Waals surface area contributed by atoms with Crippen molar-refractivity contribution in [2.24, 2.45) is 5.92 Å². The molecule has 0 bridgehead atoms. The van der Waals surface area contributed by atoms with Crippen molar-refractivity contribution >= 4 is 29.2 Å². The van der Waals surface area contributed by atoms with E-state index in [2.05, 4.69) is 12.1 Å². The number of halogens is 2. The third-order valence-electron chi connectivity index (χ3n) is 3.69. The summed E-state index contributed by atoms with van der Waals surface area (Å²) in [5, 5.41) is 0. The second-order valence-electron chi connectivity index (χ2n) is 5.09. The maximum absolute atomic E-state index is 11.8. The van der Waals surface area contributed by atoms with Gasteiger partial charge in [0.25, 0.3) is 0 Å². The van der Waals surface area contributed by atoms with Crippen LogP contribution in [0.25, 0.3) is 0 Å². The third-order valence-corrected chi connectivity index (χ3v) is 4.53. The Morgan fingerprint density at radius 3 is 2.61 bits per heavy atom. The van der Waals surface area contributed by atoms with Crippen molar-refractivity contribution in [3.63, 3.8) is 0 Å². The number of rotatable bonds is 2. The molecule has 3 rings (SSSR count). The van der Waals surface area contributed by atoms with Crippen molar-refractivity contribution < 1.29 is 9.53 Å². The van der Waals surface area contributed by atoms with Crippen LogP contribution in [0.4, 0.5) is 0 Å². The monoisotopic (exact) mass is 284 g/mol. The van der Waals surface area contributed by atoms with Gasteiger partial charge in [-0.1, -0.05) is 24.3 Å². The quantitative estimate of drug-likeness (QED) is 0.615. The minimum Gasteiger partial charge on any atom is -0.462 e. The lowest BCUT2D eigenvalue weighted by Crippen LogP contribution is -2.27. The van der Waals surface area contributed by atoms with Crippen molar-refractivity contribution in [1.29, 1.82) is 0 Å². The van der Waals surface area contributed by atoms with Crippen LogP contribution in [0, 0.1) is 5.92 Å². The Morgan fingerprint density at radius 2 is 1.94 bits per heavy atom. The zero-order valence-electron chi connectivity index (χ0n) is 9.86. The van der Waals surface area contributed by atoms with Gasteiger partial charge in [0.2, 0.25) is 0 Å². The Balaban J connectivity index is 1.62. The summed E-state index contributed by atoms with van der Waals surface area (Å²) < 4.78 is 4.61. The number of carbonyl (C=O) groups is 1. The van der Waals surface area contributed by atoms with Crippen LogP contribution in [0.5, 0.6) is 0 Å². The van der Waals surface area contributed by atoms with Crippen molar-refractivity contribution in [2.75, 3.05) is 0 Å². The first-order valence-corrected chi connectivity index (χ1v) is 6.97. The van der Waals surface area contributed by atoms with E-state index in [0.717, 1.165) is 19.3 Å². The highest BCUT2D eigenvalue weighted by atomic mass is 35.5. The average Bonchev–Trinajstić information content (AvgIpc) is 2.98. The fraction of sp³-hybridized carbons (Fsp3) is 0.500. The molecular weight excluding hydrogens is 271 g/mol. The van der Waals surface area contributed by atoms with Gasteiger partial charge in [-0.3, -0.25) is 4.79 Å². The summed E-state index contributed by atoms with van der Waals surface area (Å²) in [6.45, 7) is 0. The average molecular weight is 285 g/mol. The summed E-state index contributed by atoms with van der Waals surface area (Å²) in [5.41, 5.74) is 2.64. The standard InChI is InChI=1S/C14H14Cl2O2/c15-14(16)8-12(14)13(17)18-11-6-5-9-3-1-2-4-10(9)7-11/h1-4,11-12H,5-8H2. The summed E-state index contributed by atoms with van der Waals surface area (Å²) >= 11 is 11.7. The second kappa shape index (κ2) is 4.43. The molecule has 2 unspecified atom stereocenters. The van der Waals surface area contributed by atoms with Gasteiger partial charge in [-0.2, -0.15) is 0 Å². The van der Waals surface area contributed by atoms with Crippen LogP contribution < -0.4 is 0 Å². The van der Waals surface area contributed by atoms with Crippen LogP contribution in [-0.2, 0) is 22.4 Å². The van der Waals surface area contributed by atoms with Crippen LogP contribution >= 0.6 is 23.2 Å². The number of ether oxygens (including phenoxy) is 1. The molecule has 0 amide bonds. The smallest absolute Gasteiger partial charge is 0.312 e. The fourth-order valence-electron chi connectivity index (χ4n) is 2.48. The summed E-state index contributed by atoms with van der Waals surface area (Å²) in [4.78, 5) is 11.8. The van der Waals surface area contributed by atoms with E-state index in [1.165, 1.54) is 11.1 Å². The van der Waals surface area contributed by atoms with E-state index in [4.69, 9.17) is 27.9 Å². The molecule has 0 aromatic heterocycles. The van der Waals surface area contributed by atoms with Gasteiger partial charge < -0.3 is 4.74 Å². The van der Waals surface area contributed by atoms with Gasteiger partial charge in [-0.15, -0.1) is 23.2 Å². The maximum Gasteiger partial charge on any atom is 0.312 e. The number of alkyl halides is 2. The molecule has 0 aliphatic heterocycles. The number of benzene rings is 1. The summed E-state index contributed by atoms with van der Waals surface area (Å²) in [7, 11) is 0. The summed E-state index contributed by atoms with van der Waals surface area (Å²) in [6, 6.07) is 8.30. The lowest BCUT2D eigenvalue weighted by Gasteiger charge is -2.24. The van der Waals surface area contributed by atoms with Gasteiger partial charge in [0.05, 0.1) is 5.92 Å². The molecule has 0 saturated heterocycles. The fourth-order valence-corrected chi connectivity index (χ4v) is 2.97. The SMILES string of the molecule is O=C(OC1CCc2ccccc2C1)C1CC1(Cl)Cl. The lowest BCUT2D eigenvalue weighted by molar-refractivity contribution is -0.151. The van der Waals surface area contributed by atoms with Crippen molar-refractivity contribution in [1.82, 2.24) is 0 Å². The van der Waals surface area contributed by atoms with Crippen LogP contribution in [0.15, 0.2) is 24.3 Å². The molecule has 0 heterocycles. The molecule has 2 aliphatic rings. The zero-order chi connectivity index (χ0) is 12.8. The van der Waals surface area contributed by atoms with Crippen LogP contribution in [0.2, 0.25) is 0 Å². The summed E-state index contributed by atoms with van der Waals surface area (Å²) in [5.74, 6) is -0.581. The number of esters is 1. The molecule has 2 aliphatic carbocycles. The normalized spacial score (nSPS) is 28.3. The number of hydrogen-bond donors (Lipinski definition) is 0. The molecule has 0 radical (unpaired) electrons. The largest absolute Gasteiger partial charge is 0.462 e.